The average molecular weight is 409 g/mol. The van der Waals surface area contributed by atoms with Gasteiger partial charge in [-0.3, -0.25) is 10.1 Å². The van der Waals surface area contributed by atoms with E-state index in [1.54, 1.807) is 13.8 Å². The summed E-state index contributed by atoms with van der Waals surface area (Å²) in [6.07, 6.45) is -4.77. The number of nitro benzene ring substituents is 1. The number of nitro groups is 1. The van der Waals surface area contributed by atoms with Gasteiger partial charge in [0.05, 0.1) is 16.2 Å². The highest BCUT2D eigenvalue weighted by Crippen LogP contribution is 2.36. The monoisotopic (exact) mass is 408 g/mol. The predicted octanol–water partition coefficient (Wildman–Crippen LogP) is 3.94. The van der Waals surface area contributed by atoms with Crippen LogP contribution in [0.25, 0.3) is 0 Å². The van der Waals surface area contributed by atoms with Gasteiger partial charge in [-0.25, -0.2) is 4.79 Å². The van der Waals surface area contributed by atoms with E-state index in [9.17, 15) is 28.1 Å². The van der Waals surface area contributed by atoms with Gasteiger partial charge >= 0.3 is 17.9 Å². The first-order valence-corrected chi connectivity index (χ1v) is 7.75. The van der Waals surface area contributed by atoms with Crippen LogP contribution in [0.3, 0.4) is 0 Å². The molecule has 12 heteroatoms. The van der Waals surface area contributed by atoms with E-state index in [1.165, 1.54) is 6.92 Å². The summed E-state index contributed by atoms with van der Waals surface area (Å²) in [6.45, 7) is 4.75. The lowest BCUT2D eigenvalue weighted by Gasteiger charge is -2.11. The number of benzene rings is 1. The molecule has 0 bridgehead atoms. The van der Waals surface area contributed by atoms with Gasteiger partial charge in [0.1, 0.15) is 5.03 Å². The Morgan fingerprint density at radius 2 is 2.00 bits per heavy atom. The Hall–Kier alpha value is -2.82. The number of rotatable bonds is 5. The lowest BCUT2D eigenvalue weighted by molar-refractivity contribution is -0.386. The van der Waals surface area contributed by atoms with Crippen molar-refractivity contribution in [2.45, 2.75) is 33.0 Å². The molecule has 8 nitrogen and oxygen atoms in total. The smallest absolute Gasteiger partial charge is 0.416 e. The van der Waals surface area contributed by atoms with E-state index in [-0.39, 0.29) is 16.8 Å². The van der Waals surface area contributed by atoms with E-state index in [4.69, 9.17) is 22.1 Å². The van der Waals surface area contributed by atoms with Crippen LogP contribution in [0, 0.1) is 10.1 Å². The molecule has 0 aliphatic carbocycles. The fraction of sp³-hybridized carbons (Fsp3) is 0.333. The highest BCUT2D eigenvalue weighted by Gasteiger charge is 2.33. The molecule has 27 heavy (non-hydrogen) atoms. The molecule has 148 valence electrons. The lowest BCUT2D eigenvalue weighted by Crippen LogP contribution is -2.28. The molecule has 0 spiro atoms. The third-order valence-electron chi connectivity index (χ3n) is 2.92. The maximum absolute atomic E-state index is 12.7. The Bertz CT molecular complexity index is 807. The van der Waals surface area contributed by atoms with Gasteiger partial charge < -0.3 is 15.8 Å². The number of urea groups is 1. The second kappa shape index (κ2) is 8.71. The van der Waals surface area contributed by atoms with Gasteiger partial charge in [0, 0.05) is 12.1 Å². The minimum absolute atomic E-state index is 0.0538. The van der Waals surface area contributed by atoms with Crippen LogP contribution >= 0.6 is 11.6 Å². The van der Waals surface area contributed by atoms with Crippen molar-refractivity contribution >= 4 is 29.0 Å². The van der Waals surface area contributed by atoms with Crippen LogP contribution in [0.4, 0.5) is 23.7 Å². The number of carbonyl (C=O) groups is 1. The minimum atomic E-state index is -4.77. The highest BCUT2D eigenvalue weighted by molar-refractivity contribution is 6.43. The van der Waals surface area contributed by atoms with Crippen LogP contribution in [0.1, 0.15) is 26.3 Å². The van der Waals surface area contributed by atoms with Crippen molar-refractivity contribution in [3.8, 4) is 5.75 Å². The highest BCUT2D eigenvalue weighted by atomic mass is 35.5. The molecule has 0 aromatic heterocycles. The number of ether oxygens (including phenoxy) is 1. The Morgan fingerprint density at radius 3 is 2.48 bits per heavy atom. The molecule has 0 radical (unpaired) electrons. The van der Waals surface area contributed by atoms with E-state index in [0.717, 1.165) is 6.07 Å². The fourth-order valence-electron chi connectivity index (χ4n) is 1.74. The van der Waals surface area contributed by atoms with Gasteiger partial charge in [0.2, 0.25) is 11.6 Å². The van der Waals surface area contributed by atoms with Crippen molar-refractivity contribution in [3.05, 3.63) is 44.8 Å². The molecular formula is C15H16ClF3N4O4. The number of hydrogen-bond acceptors (Lipinski definition) is 5. The average Bonchev–Trinajstić information content (AvgIpc) is 2.52. The Balaban J connectivity index is 3.18. The molecule has 1 rings (SSSR count). The van der Waals surface area contributed by atoms with Crippen molar-refractivity contribution in [1.82, 2.24) is 5.32 Å². The molecule has 0 fully saturated rings. The lowest BCUT2D eigenvalue weighted by atomic mass is 10.2. The number of allylic oxidation sites excluding steroid dienone is 1. The Labute approximate surface area is 157 Å². The first-order chi connectivity index (χ1) is 12.3. The van der Waals surface area contributed by atoms with Gasteiger partial charge in [-0.05, 0) is 32.9 Å². The van der Waals surface area contributed by atoms with Crippen molar-refractivity contribution < 1.29 is 27.6 Å². The number of halogens is 4. The van der Waals surface area contributed by atoms with E-state index < -0.39 is 40.0 Å². The SMILES string of the molecule is CC(=N\C(=O)NC(C)C)/C(Cl)=C(\N)Oc1ccc(C(F)(F)F)cc1[N+](=O)[O-]. The normalized spacial score (nSPS) is 13.3. The molecule has 3 N–H and O–H groups in total. The zero-order valence-corrected chi connectivity index (χ0v) is 15.2. The van der Waals surface area contributed by atoms with Crippen LogP contribution in [-0.4, -0.2) is 22.7 Å². The van der Waals surface area contributed by atoms with E-state index in [0.29, 0.717) is 12.1 Å². The largest absolute Gasteiger partial charge is 0.433 e. The Kier molecular flexibility index (Phi) is 7.17. The summed E-state index contributed by atoms with van der Waals surface area (Å²) in [4.78, 5) is 25.2. The molecule has 0 saturated heterocycles. The third-order valence-corrected chi connectivity index (χ3v) is 3.38. The molecule has 0 heterocycles. The minimum Gasteiger partial charge on any atom is -0.433 e. The summed E-state index contributed by atoms with van der Waals surface area (Å²) in [6, 6.07) is 0.776. The zero-order chi connectivity index (χ0) is 20.9. The maximum atomic E-state index is 12.7. The second-order valence-electron chi connectivity index (χ2n) is 5.52. The molecule has 2 amide bonds. The summed E-state index contributed by atoms with van der Waals surface area (Å²) >= 11 is 5.92. The second-order valence-corrected chi connectivity index (χ2v) is 5.90. The third kappa shape index (κ3) is 6.44. The Morgan fingerprint density at radius 1 is 1.41 bits per heavy atom. The predicted molar refractivity (Wildman–Crippen MR) is 92.6 cm³/mol. The van der Waals surface area contributed by atoms with Crippen molar-refractivity contribution in [1.29, 1.82) is 0 Å². The number of nitrogens with two attached hydrogens (primary N) is 1. The summed E-state index contributed by atoms with van der Waals surface area (Å²) in [5.74, 6) is -1.12. The number of amides is 2. The standard InChI is InChI=1S/C15H16ClF3N4O4/c1-7(2)21-14(24)22-8(3)12(16)13(20)27-11-5-4-9(15(17,18)19)6-10(11)23(25)26/h4-7H,20H2,1-3H3,(H,21,24)/b13-12-,22-8+. The topological polar surface area (TPSA) is 120 Å². The number of alkyl halides is 3. The van der Waals surface area contributed by atoms with E-state index >= 15 is 0 Å². The van der Waals surface area contributed by atoms with Crippen LogP contribution in [0.2, 0.25) is 0 Å². The number of aliphatic imine (C=N–C) groups is 1. The first kappa shape index (κ1) is 22.2. The molecule has 1 aromatic rings. The van der Waals surface area contributed by atoms with Crippen LogP contribution < -0.4 is 15.8 Å². The zero-order valence-electron chi connectivity index (χ0n) is 14.4. The van der Waals surface area contributed by atoms with E-state index in [1.807, 2.05) is 0 Å². The van der Waals surface area contributed by atoms with Crippen molar-refractivity contribution in [2.75, 3.05) is 0 Å². The maximum Gasteiger partial charge on any atom is 0.416 e. The molecule has 0 saturated carbocycles. The van der Waals surface area contributed by atoms with Gasteiger partial charge in [-0.15, -0.1) is 0 Å². The van der Waals surface area contributed by atoms with E-state index in [2.05, 4.69) is 10.3 Å². The van der Waals surface area contributed by atoms with Crippen LogP contribution in [0.15, 0.2) is 34.1 Å². The first-order valence-electron chi connectivity index (χ1n) is 7.37. The molecule has 1 aromatic carbocycles. The number of nitrogens with one attached hydrogen (secondary N) is 1. The molecule has 0 aliphatic rings. The van der Waals surface area contributed by atoms with Crippen molar-refractivity contribution in [2.24, 2.45) is 10.7 Å². The fourth-order valence-corrected chi connectivity index (χ4v) is 1.83. The number of hydrogen-bond donors (Lipinski definition) is 2. The molecular weight excluding hydrogens is 393 g/mol. The summed E-state index contributed by atoms with van der Waals surface area (Å²) in [5.41, 5.74) is 3.36. The van der Waals surface area contributed by atoms with Crippen LogP contribution in [-0.2, 0) is 6.18 Å². The van der Waals surface area contributed by atoms with Gasteiger partial charge in [0.25, 0.3) is 0 Å². The van der Waals surface area contributed by atoms with Gasteiger partial charge in [0.15, 0.2) is 0 Å². The summed E-state index contributed by atoms with van der Waals surface area (Å²) < 4.78 is 43.1. The van der Waals surface area contributed by atoms with Crippen LogP contribution in [0.5, 0.6) is 5.75 Å². The number of nitrogens with zero attached hydrogens (tertiary/aromatic N) is 2. The number of carbonyl (C=O) groups excluding carboxylic acids is 1. The summed E-state index contributed by atoms with van der Waals surface area (Å²) in [7, 11) is 0. The summed E-state index contributed by atoms with van der Waals surface area (Å²) in [5, 5.41) is 13.2. The van der Waals surface area contributed by atoms with Gasteiger partial charge in [-0.2, -0.15) is 18.2 Å². The molecule has 0 atom stereocenters. The van der Waals surface area contributed by atoms with Gasteiger partial charge in [-0.1, -0.05) is 11.6 Å². The van der Waals surface area contributed by atoms with Crippen molar-refractivity contribution in [3.63, 3.8) is 0 Å². The molecule has 0 unspecified atom stereocenters. The quantitative estimate of drug-likeness (QED) is 0.331. The molecule has 0 aliphatic heterocycles.